The van der Waals surface area contributed by atoms with Crippen molar-refractivity contribution in [1.29, 1.82) is 0 Å². The molecular weight excluding hydrogens is 256 g/mol. The largest absolute Gasteiger partial charge is 0.371 e. The molecule has 1 fully saturated rings. The van der Waals surface area contributed by atoms with Gasteiger partial charge in [0.1, 0.15) is 16.6 Å². The molecule has 0 aliphatic heterocycles. The van der Waals surface area contributed by atoms with Crippen LogP contribution in [0.15, 0.2) is 6.07 Å². The minimum atomic E-state index is 0.0538. The molecule has 19 heavy (non-hydrogen) atoms. The number of nitrogens with one attached hydrogen (secondary N) is 1. The van der Waals surface area contributed by atoms with Crippen LogP contribution in [-0.2, 0) is 4.74 Å². The summed E-state index contributed by atoms with van der Waals surface area (Å²) in [7, 11) is 0. The molecule has 106 valence electrons. The SMILES string of the molecule is CCCC(OCC)c1nc(=S)cc(C2CCCC2)[nH]1. The Morgan fingerprint density at radius 1 is 1.42 bits per heavy atom. The first kappa shape index (κ1) is 14.7. The lowest BCUT2D eigenvalue weighted by molar-refractivity contribution is 0.0491. The first-order valence-corrected chi connectivity index (χ1v) is 7.88. The van der Waals surface area contributed by atoms with E-state index in [9.17, 15) is 0 Å². The molecule has 0 amide bonds. The lowest BCUT2D eigenvalue weighted by atomic mass is 10.0. The first-order chi connectivity index (χ1) is 9.24. The number of H-pyrrole nitrogens is 1. The molecule has 1 heterocycles. The average Bonchev–Trinajstić information content (AvgIpc) is 2.91. The van der Waals surface area contributed by atoms with Crippen molar-refractivity contribution >= 4 is 12.2 Å². The molecule has 0 radical (unpaired) electrons. The lowest BCUT2D eigenvalue weighted by Gasteiger charge is -2.18. The van der Waals surface area contributed by atoms with E-state index in [2.05, 4.69) is 16.9 Å². The van der Waals surface area contributed by atoms with Gasteiger partial charge in [0, 0.05) is 12.3 Å². The van der Waals surface area contributed by atoms with Crippen LogP contribution in [0.4, 0.5) is 0 Å². The summed E-state index contributed by atoms with van der Waals surface area (Å²) < 4.78 is 6.49. The second-order valence-electron chi connectivity index (χ2n) is 5.27. The third-order valence-electron chi connectivity index (χ3n) is 3.80. The molecule has 1 aliphatic rings. The Hall–Kier alpha value is -0.740. The van der Waals surface area contributed by atoms with E-state index in [1.807, 2.05) is 13.0 Å². The van der Waals surface area contributed by atoms with Crippen LogP contribution in [0.2, 0.25) is 0 Å². The van der Waals surface area contributed by atoms with Crippen molar-refractivity contribution in [3.05, 3.63) is 22.2 Å². The third kappa shape index (κ3) is 3.86. The molecule has 0 bridgehead atoms. The summed E-state index contributed by atoms with van der Waals surface area (Å²) in [6, 6.07) is 2.03. The Balaban J connectivity index is 2.25. The molecular formula is C15H24N2OS. The monoisotopic (exact) mass is 280 g/mol. The maximum absolute atomic E-state index is 5.80. The molecule has 1 unspecified atom stereocenters. The molecule has 0 aromatic carbocycles. The molecule has 0 saturated heterocycles. The van der Waals surface area contributed by atoms with Gasteiger partial charge in [0.15, 0.2) is 0 Å². The Labute approximate surface area is 120 Å². The van der Waals surface area contributed by atoms with Crippen LogP contribution in [0.25, 0.3) is 0 Å². The van der Waals surface area contributed by atoms with Crippen LogP contribution in [0.3, 0.4) is 0 Å². The number of aromatic nitrogens is 2. The molecule has 1 N–H and O–H groups in total. The molecule has 1 aromatic rings. The van der Waals surface area contributed by atoms with Gasteiger partial charge in [0.2, 0.25) is 0 Å². The van der Waals surface area contributed by atoms with Gasteiger partial charge in [0.05, 0.1) is 0 Å². The first-order valence-electron chi connectivity index (χ1n) is 7.47. The van der Waals surface area contributed by atoms with E-state index in [4.69, 9.17) is 17.0 Å². The van der Waals surface area contributed by atoms with Crippen molar-refractivity contribution in [3.63, 3.8) is 0 Å². The van der Waals surface area contributed by atoms with Crippen molar-refractivity contribution in [1.82, 2.24) is 9.97 Å². The van der Waals surface area contributed by atoms with Gasteiger partial charge in [-0.3, -0.25) is 0 Å². The standard InChI is InChI=1S/C15H24N2OS/c1-3-7-13(18-4-2)15-16-12(10-14(19)17-15)11-8-5-6-9-11/h10-11,13H,3-9H2,1-2H3,(H,16,17,19). The maximum atomic E-state index is 5.80. The van der Waals surface area contributed by atoms with Gasteiger partial charge >= 0.3 is 0 Å². The quantitative estimate of drug-likeness (QED) is 0.769. The Bertz CT molecular complexity index is 446. The Kier molecular flexibility index (Phi) is 5.52. The summed E-state index contributed by atoms with van der Waals surface area (Å²) in [6.45, 7) is 4.90. The Morgan fingerprint density at radius 3 is 2.79 bits per heavy atom. The normalized spacial score (nSPS) is 17.8. The van der Waals surface area contributed by atoms with Gasteiger partial charge in [-0.15, -0.1) is 0 Å². The zero-order valence-corrected chi connectivity index (χ0v) is 12.8. The average molecular weight is 280 g/mol. The number of hydrogen-bond donors (Lipinski definition) is 1. The van der Waals surface area contributed by atoms with Crippen LogP contribution < -0.4 is 0 Å². The van der Waals surface area contributed by atoms with Crippen molar-refractivity contribution in [3.8, 4) is 0 Å². The van der Waals surface area contributed by atoms with Crippen molar-refractivity contribution < 1.29 is 4.74 Å². The van der Waals surface area contributed by atoms with E-state index in [0.29, 0.717) is 17.2 Å². The predicted molar refractivity (Wildman–Crippen MR) is 79.9 cm³/mol. The molecule has 0 spiro atoms. The van der Waals surface area contributed by atoms with Crippen LogP contribution in [0.5, 0.6) is 0 Å². The van der Waals surface area contributed by atoms with Crippen LogP contribution in [-0.4, -0.2) is 16.6 Å². The van der Waals surface area contributed by atoms with E-state index >= 15 is 0 Å². The summed E-state index contributed by atoms with van der Waals surface area (Å²) in [4.78, 5) is 7.97. The fourth-order valence-corrected chi connectivity index (χ4v) is 3.09. The highest BCUT2D eigenvalue weighted by molar-refractivity contribution is 7.71. The lowest BCUT2D eigenvalue weighted by Crippen LogP contribution is -2.11. The highest BCUT2D eigenvalue weighted by Gasteiger charge is 2.20. The van der Waals surface area contributed by atoms with Gasteiger partial charge in [-0.1, -0.05) is 38.4 Å². The summed E-state index contributed by atoms with van der Waals surface area (Å²) in [6.07, 6.45) is 7.31. The van der Waals surface area contributed by atoms with Gasteiger partial charge in [0.25, 0.3) is 0 Å². The van der Waals surface area contributed by atoms with E-state index < -0.39 is 0 Å². The van der Waals surface area contributed by atoms with Gasteiger partial charge < -0.3 is 9.72 Å². The number of ether oxygens (including phenoxy) is 1. The number of aromatic amines is 1. The molecule has 1 saturated carbocycles. The molecule has 3 nitrogen and oxygen atoms in total. The minimum absolute atomic E-state index is 0.0538. The number of hydrogen-bond acceptors (Lipinski definition) is 3. The van der Waals surface area contributed by atoms with E-state index in [-0.39, 0.29) is 6.10 Å². The highest BCUT2D eigenvalue weighted by Crippen LogP contribution is 2.33. The molecule has 2 rings (SSSR count). The van der Waals surface area contributed by atoms with Gasteiger partial charge in [-0.25, -0.2) is 4.98 Å². The van der Waals surface area contributed by atoms with Crippen LogP contribution in [0, 0.1) is 4.64 Å². The smallest absolute Gasteiger partial charge is 0.137 e. The van der Waals surface area contributed by atoms with Gasteiger partial charge in [-0.05, 0) is 38.2 Å². The second kappa shape index (κ2) is 7.15. The fourth-order valence-electron chi connectivity index (χ4n) is 2.87. The molecule has 1 aromatic heterocycles. The van der Waals surface area contributed by atoms with Crippen LogP contribution >= 0.6 is 12.2 Å². The van der Waals surface area contributed by atoms with E-state index in [0.717, 1.165) is 18.7 Å². The van der Waals surface area contributed by atoms with E-state index in [1.54, 1.807) is 0 Å². The number of nitrogens with zero attached hydrogens (tertiary/aromatic N) is 1. The van der Waals surface area contributed by atoms with Crippen LogP contribution in [0.1, 0.15) is 75.9 Å². The number of rotatable bonds is 6. The minimum Gasteiger partial charge on any atom is -0.371 e. The zero-order valence-electron chi connectivity index (χ0n) is 11.9. The second-order valence-corrected chi connectivity index (χ2v) is 5.69. The zero-order chi connectivity index (χ0) is 13.7. The van der Waals surface area contributed by atoms with E-state index in [1.165, 1.54) is 31.4 Å². The summed E-state index contributed by atoms with van der Waals surface area (Å²) >= 11 is 5.32. The fraction of sp³-hybridized carbons (Fsp3) is 0.733. The third-order valence-corrected chi connectivity index (χ3v) is 4.01. The molecule has 1 atom stereocenters. The molecule has 1 aliphatic carbocycles. The summed E-state index contributed by atoms with van der Waals surface area (Å²) in [5, 5.41) is 0. The maximum Gasteiger partial charge on any atom is 0.137 e. The van der Waals surface area contributed by atoms with Crippen molar-refractivity contribution in [2.24, 2.45) is 0 Å². The van der Waals surface area contributed by atoms with Gasteiger partial charge in [-0.2, -0.15) is 0 Å². The molecule has 4 heteroatoms. The summed E-state index contributed by atoms with van der Waals surface area (Å²) in [5.74, 6) is 1.55. The summed E-state index contributed by atoms with van der Waals surface area (Å²) in [5.41, 5.74) is 1.26. The van der Waals surface area contributed by atoms with Crippen molar-refractivity contribution in [2.45, 2.75) is 64.4 Å². The highest BCUT2D eigenvalue weighted by atomic mass is 32.1. The van der Waals surface area contributed by atoms with Crippen molar-refractivity contribution in [2.75, 3.05) is 6.61 Å². The predicted octanol–water partition coefficient (Wildman–Crippen LogP) is 4.67. The Morgan fingerprint density at radius 2 is 2.16 bits per heavy atom. The topological polar surface area (TPSA) is 37.9 Å².